The fourth-order valence-electron chi connectivity index (χ4n) is 2.60. The fourth-order valence-corrected chi connectivity index (χ4v) is 4.33. The Morgan fingerprint density at radius 1 is 1.04 bits per heavy atom. The summed E-state index contributed by atoms with van der Waals surface area (Å²) in [6.45, 7) is 4.64. The van der Waals surface area contributed by atoms with Crippen LogP contribution < -0.4 is 9.83 Å². The fraction of sp³-hybridized carbons (Fsp3) is 0.235. The van der Waals surface area contributed by atoms with Crippen LogP contribution in [0.1, 0.15) is 13.8 Å². The monoisotopic (exact) mass is 331 g/mol. The van der Waals surface area contributed by atoms with Crippen LogP contribution in [0.3, 0.4) is 0 Å². The van der Waals surface area contributed by atoms with Gasteiger partial charge in [-0.25, -0.2) is 9.36 Å². The third-order valence-corrected chi connectivity index (χ3v) is 5.63. The van der Waals surface area contributed by atoms with E-state index in [9.17, 15) is 9.36 Å². The predicted molar refractivity (Wildman–Crippen MR) is 89.1 cm³/mol. The van der Waals surface area contributed by atoms with Crippen LogP contribution in [-0.4, -0.2) is 24.1 Å². The zero-order chi connectivity index (χ0) is 16.4. The summed E-state index contributed by atoms with van der Waals surface area (Å²) in [5.41, 5.74) is 1.61. The number of nitrogens with zero attached hydrogens (tertiary/aromatic N) is 1. The number of carbonyl (C=O) groups excluding carboxylic acids is 1. The van der Waals surface area contributed by atoms with E-state index in [4.69, 9.17) is 9.05 Å². The number of hydrogen-bond donors (Lipinski definition) is 0. The maximum atomic E-state index is 13.3. The van der Waals surface area contributed by atoms with E-state index in [0.717, 1.165) is 11.1 Å². The summed E-state index contributed by atoms with van der Waals surface area (Å²) in [7, 11) is -3.76. The van der Waals surface area contributed by atoms with Gasteiger partial charge in [-0.05, 0) is 26.0 Å². The maximum absolute atomic E-state index is 13.3. The van der Waals surface area contributed by atoms with Gasteiger partial charge in [-0.15, -0.1) is 0 Å². The first-order valence-corrected chi connectivity index (χ1v) is 9.10. The van der Waals surface area contributed by atoms with Gasteiger partial charge in [0.25, 0.3) is 0 Å². The summed E-state index contributed by atoms with van der Waals surface area (Å²) in [5, 5.41) is 0.416. The normalized spacial score (nSPS) is 18.3. The Morgan fingerprint density at radius 3 is 2.35 bits per heavy atom. The van der Waals surface area contributed by atoms with Crippen LogP contribution in [-0.2, 0) is 9.09 Å². The lowest BCUT2D eigenvalue weighted by molar-refractivity contribution is 0.153. The molecule has 120 valence electrons. The second-order valence-corrected chi connectivity index (χ2v) is 6.97. The van der Waals surface area contributed by atoms with E-state index in [-0.39, 0.29) is 0 Å². The van der Waals surface area contributed by atoms with Gasteiger partial charge in [0.05, 0.1) is 5.30 Å². The third kappa shape index (κ3) is 2.73. The number of amides is 1. The molecule has 1 atom stereocenters. The van der Waals surface area contributed by atoms with Gasteiger partial charge in [-0.1, -0.05) is 36.4 Å². The molecule has 1 heterocycles. The smallest absolute Gasteiger partial charge is 0.412 e. The first kappa shape index (κ1) is 15.6. The average molecular weight is 331 g/mol. The first-order chi connectivity index (χ1) is 11.1. The van der Waals surface area contributed by atoms with Crippen LogP contribution in [0.2, 0.25) is 0 Å². The molecule has 2 aromatic rings. The second-order valence-electron chi connectivity index (χ2n) is 5.13. The van der Waals surface area contributed by atoms with Gasteiger partial charge in [-0.3, -0.25) is 0 Å². The number of hydrogen-bond acceptors (Lipinski definition) is 4. The van der Waals surface area contributed by atoms with E-state index in [1.165, 1.54) is 4.90 Å². The van der Waals surface area contributed by atoms with Crippen molar-refractivity contribution < 1.29 is 18.4 Å². The quantitative estimate of drug-likeness (QED) is 0.797. The van der Waals surface area contributed by atoms with Crippen LogP contribution >= 0.6 is 7.60 Å². The highest BCUT2D eigenvalue weighted by molar-refractivity contribution is 7.63. The van der Waals surface area contributed by atoms with E-state index < -0.39 is 13.7 Å². The van der Waals surface area contributed by atoms with Gasteiger partial charge in [0, 0.05) is 24.2 Å². The number of rotatable bonds is 3. The van der Waals surface area contributed by atoms with Crippen LogP contribution in [0.15, 0.2) is 48.5 Å². The molecule has 0 saturated carbocycles. The summed E-state index contributed by atoms with van der Waals surface area (Å²) in [6, 6.07) is 14.5. The van der Waals surface area contributed by atoms with Crippen molar-refractivity contribution in [3.63, 3.8) is 0 Å². The first-order valence-electron chi connectivity index (χ1n) is 7.56. The lowest BCUT2D eigenvalue weighted by atomic mass is 10.0. The molecule has 1 aliphatic rings. The Hall–Kier alpha value is -2.26. The molecule has 0 aromatic heterocycles. The highest BCUT2D eigenvalue weighted by Gasteiger charge is 2.41. The van der Waals surface area contributed by atoms with E-state index >= 15 is 0 Å². The minimum absolute atomic E-state index is 0.416. The molecule has 5 nitrogen and oxygen atoms in total. The van der Waals surface area contributed by atoms with Crippen molar-refractivity contribution in [2.75, 3.05) is 13.1 Å². The maximum Gasteiger partial charge on any atom is 0.466 e. The van der Waals surface area contributed by atoms with E-state index in [2.05, 4.69) is 0 Å². The summed E-state index contributed by atoms with van der Waals surface area (Å²) in [6.07, 6.45) is -0.632. The minimum atomic E-state index is -3.76. The van der Waals surface area contributed by atoms with Gasteiger partial charge in [-0.2, -0.15) is 0 Å². The zero-order valence-corrected chi connectivity index (χ0v) is 14.0. The number of fused-ring (bicyclic) bond motifs is 3. The Bertz CT molecular complexity index is 786. The van der Waals surface area contributed by atoms with Gasteiger partial charge >= 0.3 is 13.7 Å². The lowest BCUT2D eigenvalue weighted by Gasteiger charge is -2.29. The molecule has 0 spiro atoms. The van der Waals surface area contributed by atoms with Crippen molar-refractivity contribution in [2.45, 2.75) is 13.8 Å². The molecule has 1 aliphatic heterocycles. The standard InChI is InChI=1S/C17H18NO4P/c1-3-18(4-2)17(19)22-23(20)16-12-8-6-10-14(16)13-9-5-7-11-15(13)21-23/h5-12H,3-4H2,1-2H3. The molecule has 6 heteroatoms. The van der Waals surface area contributed by atoms with Gasteiger partial charge < -0.3 is 13.9 Å². The molecule has 0 bridgehead atoms. The molecule has 1 amide bonds. The summed E-state index contributed by atoms with van der Waals surface area (Å²) in [4.78, 5) is 13.7. The molecule has 23 heavy (non-hydrogen) atoms. The topological polar surface area (TPSA) is 55.8 Å². The highest BCUT2D eigenvalue weighted by atomic mass is 31.2. The molecular weight excluding hydrogens is 313 g/mol. The molecule has 0 fully saturated rings. The molecule has 0 saturated heterocycles. The van der Waals surface area contributed by atoms with Gasteiger partial charge in [0.2, 0.25) is 0 Å². The second kappa shape index (κ2) is 6.09. The minimum Gasteiger partial charge on any atom is -0.412 e. The van der Waals surface area contributed by atoms with Crippen LogP contribution in [0.5, 0.6) is 5.75 Å². The third-order valence-electron chi connectivity index (χ3n) is 3.81. The number of benzene rings is 2. The SMILES string of the molecule is CCN(CC)C(=O)OP1(=O)Oc2ccccc2-c2ccccc21. The molecule has 3 rings (SSSR count). The van der Waals surface area contributed by atoms with Crippen LogP contribution in [0.25, 0.3) is 11.1 Å². The van der Waals surface area contributed by atoms with Gasteiger partial charge in [0.15, 0.2) is 0 Å². The molecule has 1 unspecified atom stereocenters. The van der Waals surface area contributed by atoms with Crippen LogP contribution in [0.4, 0.5) is 4.79 Å². The summed E-state index contributed by atoms with van der Waals surface area (Å²) < 4.78 is 24.2. The number of carbonyl (C=O) groups is 1. The molecule has 0 N–H and O–H groups in total. The molecule has 0 aliphatic carbocycles. The van der Waals surface area contributed by atoms with Crippen molar-refractivity contribution in [2.24, 2.45) is 0 Å². The largest absolute Gasteiger partial charge is 0.466 e. The predicted octanol–water partition coefficient (Wildman–Crippen LogP) is 4.04. The van der Waals surface area contributed by atoms with Crippen molar-refractivity contribution >= 4 is 19.0 Å². The zero-order valence-electron chi connectivity index (χ0n) is 13.1. The van der Waals surface area contributed by atoms with Crippen molar-refractivity contribution in [1.82, 2.24) is 4.90 Å². The van der Waals surface area contributed by atoms with Crippen molar-refractivity contribution in [3.8, 4) is 16.9 Å². The Morgan fingerprint density at radius 2 is 1.65 bits per heavy atom. The van der Waals surface area contributed by atoms with Crippen molar-refractivity contribution in [1.29, 1.82) is 0 Å². The molecule has 0 radical (unpaired) electrons. The van der Waals surface area contributed by atoms with E-state index in [1.54, 1.807) is 24.3 Å². The lowest BCUT2D eigenvalue weighted by Crippen LogP contribution is -2.32. The van der Waals surface area contributed by atoms with Crippen molar-refractivity contribution in [3.05, 3.63) is 48.5 Å². The van der Waals surface area contributed by atoms with Gasteiger partial charge in [0.1, 0.15) is 5.75 Å². The summed E-state index contributed by atoms with van der Waals surface area (Å²) >= 11 is 0. The number of para-hydroxylation sites is 1. The van der Waals surface area contributed by atoms with E-state index in [1.807, 2.05) is 38.1 Å². The molecular formula is C17H18NO4P. The van der Waals surface area contributed by atoms with E-state index in [0.29, 0.717) is 24.1 Å². The molecule has 2 aromatic carbocycles. The Labute approximate surface area is 135 Å². The average Bonchev–Trinajstić information content (AvgIpc) is 2.56. The van der Waals surface area contributed by atoms with Crippen LogP contribution in [0, 0.1) is 0 Å². The highest BCUT2D eigenvalue weighted by Crippen LogP contribution is 2.55. The summed E-state index contributed by atoms with van der Waals surface area (Å²) in [5.74, 6) is 0.460. The Balaban J connectivity index is 2.04. The Kier molecular flexibility index (Phi) is 4.14.